The van der Waals surface area contributed by atoms with Gasteiger partial charge >= 0.3 is 0 Å². The zero-order valence-corrected chi connectivity index (χ0v) is 8.29. The van der Waals surface area contributed by atoms with Crippen LogP contribution in [0.15, 0.2) is 18.2 Å². The molecule has 0 amide bonds. The molecular weight excluding hydrogens is 174 g/mol. The van der Waals surface area contributed by atoms with Crippen LogP contribution in [-0.2, 0) is 0 Å². The highest BCUT2D eigenvalue weighted by molar-refractivity contribution is 5.47. The van der Waals surface area contributed by atoms with Crippen molar-refractivity contribution in [1.29, 1.82) is 5.26 Å². The molecule has 1 aromatic carbocycles. The molecule has 0 aliphatic carbocycles. The first-order valence-electron chi connectivity index (χ1n) is 4.28. The molecule has 0 unspecified atom stereocenters. The predicted octanol–water partition coefficient (Wildman–Crippen LogP) is 2.27. The first-order valence-corrected chi connectivity index (χ1v) is 4.28. The number of methoxy groups -OCH3 is 1. The molecule has 2 nitrogen and oxygen atoms in total. The Bertz CT molecular complexity index is 418. The normalized spacial score (nSPS) is 8.36. The lowest BCUT2D eigenvalue weighted by Crippen LogP contribution is -1.88. The summed E-state index contributed by atoms with van der Waals surface area (Å²) in [5.41, 5.74) is 1.96. The minimum absolute atomic E-state index is 0.247. The van der Waals surface area contributed by atoms with Crippen molar-refractivity contribution in [2.75, 3.05) is 7.11 Å². The molecule has 0 bridgehead atoms. The standard InChI is InChI=1S/C12H11NO/c1-10-6-7-11(5-3-4-8-13)12(9-10)14-2/h6-7,9H,4H2,1-2H3. The Labute approximate surface area is 84.1 Å². The van der Waals surface area contributed by atoms with Crippen molar-refractivity contribution in [2.45, 2.75) is 13.3 Å². The van der Waals surface area contributed by atoms with Gasteiger partial charge in [-0.2, -0.15) is 5.26 Å². The van der Waals surface area contributed by atoms with E-state index < -0.39 is 0 Å². The van der Waals surface area contributed by atoms with Gasteiger partial charge in [0.2, 0.25) is 0 Å². The molecule has 0 aromatic heterocycles. The summed E-state index contributed by atoms with van der Waals surface area (Å²) < 4.78 is 5.17. The monoisotopic (exact) mass is 185 g/mol. The third-order valence-corrected chi connectivity index (χ3v) is 1.75. The minimum atomic E-state index is 0.247. The average Bonchev–Trinajstić information content (AvgIpc) is 2.20. The lowest BCUT2D eigenvalue weighted by atomic mass is 10.1. The second kappa shape index (κ2) is 4.94. The maximum atomic E-state index is 8.33. The second-order valence-electron chi connectivity index (χ2n) is 2.84. The number of benzene rings is 1. The molecule has 14 heavy (non-hydrogen) atoms. The maximum Gasteiger partial charge on any atom is 0.134 e. The van der Waals surface area contributed by atoms with E-state index in [1.54, 1.807) is 7.11 Å². The van der Waals surface area contributed by atoms with Gasteiger partial charge in [0.15, 0.2) is 0 Å². The van der Waals surface area contributed by atoms with Crippen LogP contribution < -0.4 is 4.74 Å². The summed E-state index contributed by atoms with van der Waals surface area (Å²) >= 11 is 0. The highest BCUT2D eigenvalue weighted by atomic mass is 16.5. The van der Waals surface area contributed by atoms with Crippen molar-refractivity contribution >= 4 is 0 Å². The Morgan fingerprint density at radius 2 is 2.21 bits per heavy atom. The van der Waals surface area contributed by atoms with Gasteiger partial charge in [-0.15, -0.1) is 0 Å². The Morgan fingerprint density at radius 1 is 1.43 bits per heavy atom. The van der Waals surface area contributed by atoms with E-state index in [4.69, 9.17) is 10.00 Å². The van der Waals surface area contributed by atoms with Crippen LogP contribution in [0.3, 0.4) is 0 Å². The molecule has 0 heterocycles. The van der Waals surface area contributed by atoms with Crippen molar-refractivity contribution in [3.8, 4) is 23.7 Å². The van der Waals surface area contributed by atoms with Gasteiger partial charge in [0.25, 0.3) is 0 Å². The van der Waals surface area contributed by atoms with E-state index in [0.717, 1.165) is 16.9 Å². The fraction of sp³-hybridized carbons (Fsp3) is 0.250. The molecule has 70 valence electrons. The lowest BCUT2D eigenvalue weighted by molar-refractivity contribution is 0.413. The highest BCUT2D eigenvalue weighted by Gasteiger charge is 1.98. The largest absolute Gasteiger partial charge is 0.495 e. The summed E-state index contributed by atoms with van der Waals surface area (Å²) in [5, 5.41) is 8.33. The van der Waals surface area contributed by atoms with Gasteiger partial charge in [-0.25, -0.2) is 0 Å². The average molecular weight is 185 g/mol. The minimum Gasteiger partial charge on any atom is -0.495 e. The van der Waals surface area contributed by atoms with Crippen molar-refractivity contribution in [3.05, 3.63) is 29.3 Å². The summed E-state index contributed by atoms with van der Waals surface area (Å²) in [7, 11) is 1.62. The molecular formula is C12H11NO. The molecule has 0 N–H and O–H groups in total. The zero-order chi connectivity index (χ0) is 10.4. The molecule has 0 aliphatic rings. The van der Waals surface area contributed by atoms with E-state index in [0.29, 0.717) is 0 Å². The van der Waals surface area contributed by atoms with E-state index in [1.165, 1.54) is 0 Å². The van der Waals surface area contributed by atoms with Gasteiger partial charge in [0.05, 0.1) is 25.2 Å². The van der Waals surface area contributed by atoms with Gasteiger partial charge in [0, 0.05) is 0 Å². The molecule has 0 fully saturated rings. The molecule has 0 aliphatic heterocycles. The molecule has 2 heteroatoms. The fourth-order valence-corrected chi connectivity index (χ4v) is 1.08. The predicted molar refractivity (Wildman–Crippen MR) is 54.8 cm³/mol. The third kappa shape index (κ3) is 2.54. The van der Waals surface area contributed by atoms with Gasteiger partial charge in [-0.1, -0.05) is 17.9 Å². The van der Waals surface area contributed by atoms with E-state index in [9.17, 15) is 0 Å². The highest BCUT2D eigenvalue weighted by Crippen LogP contribution is 2.18. The van der Waals surface area contributed by atoms with Gasteiger partial charge in [-0.3, -0.25) is 0 Å². The maximum absolute atomic E-state index is 8.33. The number of ether oxygens (including phenoxy) is 1. The van der Waals surface area contributed by atoms with Gasteiger partial charge < -0.3 is 4.74 Å². The molecule has 1 rings (SSSR count). The first-order chi connectivity index (χ1) is 6.77. The van der Waals surface area contributed by atoms with E-state index in [2.05, 4.69) is 11.8 Å². The number of nitrogens with zero attached hydrogens (tertiary/aromatic N) is 1. The first kappa shape index (κ1) is 10.2. The van der Waals surface area contributed by atoms with Crippen molar-refractivity contribution in [2.24, 2.45) is 0 Å². The van der Waals surface area contributed by atoms with Gasteiger partial charge in [-0.05, 0) is 24.6 Å². The van der Waals surface area contributed by atoms with Crippen LogP contribution in [0, 0.1) is 30.1 Å². The summed E-state index contributed by atoms with van der Waals surface area (Å²) in [6.45, 7) is 2.00. The van der Waals surface area contributed by atoms with Crippen LogP contribution >= 0.6 is 0 Å². The third-order valence-electron chi connectivity index (χ3n) is 1.75. The van der Waals surface area contributed by atoms with E-state index in [-0.39, 0.29) is 6.42 Å². The molecule has 0 atom stereocenters. The van der Waals surface area contributed by atoms with Crippen LogP contribution in [0.1, 0.15) is 17.5 Å². The number of aryl methyl sites for hydroxylation is 1. The van der Waals surface area contributed by atoms with Crippen LogP contribution in [0.5, 0.6) is 5.75 Å². The zero-order valence-electron chi connectivity index (χ0n) is 8.29. The summed E-state index contributed by atoms with van der Waals surface area (Å²) in [6.07, 6.45) is 0.247. The quantitative estimate of drug-likeness (QED) is 0.629. The second-order valence-corrected chi connectivity index (χ2v) is 2.84. The summed E-state index contributed by atoms with van der Waals surface area (Å²) in [6, 6.07) is 7.77. The van der Waals surface area contributed by atoms with Crippen molar-refractivity contribution in [1.82, 2.24) is 0 Å². The molecule has 0 radical (unpaired) electrons. The van der Waals surface area contributed by atoms with E-state index in [1.807, 2.05) is 31.2 Å². The van der Waals surface area contributed by atoms with Crippen LogP contribution in [-0.4, -0.2) is 7.11 Å². The van der Waals surface area contributed by atoms with Crippen molar-refractivity contribution < 1.29 is 4.74 Å². The molecule has 0 saturated carbocycles. The Hall–Kier alpha value is -1.93. The molecule has 0 spiro atoms. The summed E-state index contributed by atoms with van der Waals surface area (Å²) in [5.74, 6) is 6.41. The van der Waals surface area contributed by atoms with Crippen LogP contribution in [0.25, 0.3) is 0 Å². The van der Waals surface area contributed by atoms with Crippen LogP contribution in [0.2, 0.25) is 0 Å². The number of hydrogen-bond donors (Lipinski definition) is 0. The Balaban J connectivity index is 2.99. The topological polar surface area (TPSA) is 33.0 Å². The Kier molecular flexibility index (Phi) is 3.58. The Morgan fingerprint density at radius 3 is 2.86 bits per heavy atom. The van der Waals surface area contributed by atoms with Gasteiger partial charge in [0.1, 0.15) is 5.75 Å². The smallest absolute Gasteiger partial charge is 0.134 e. The fourth-order valence-electron chi connectivity index (χ4n) is 1.08. The number of nitriles is 1. The number of hydrogen-bond acceptors (Lipinski definition) is 2. The molecule has 0 saturated heterocycles. The number of rotatable bonds is 1. The van der Waals surface area contributed by atoms with Crippen molar-refractivity contribution in [3.63, 3.8) is 0 Å². The lowest BCUT2D eigenvalue weighted by Gasteiger charge is -2.03. The summed E-state index contributed by atoms with van der Waals surface area (Å²) in [4.78, 5) is 0. The van der Waals surface area contributed by atoms with Crippen LogP contribution in [0.4, 0.5) is 0 Å². The van der Waals surface area contributed by atoms with E-state index >= 15 is 0 Å². The SMILES string of the molecule is COc1cc(C)ccc1C#CCC#N. The molecule has 1 aromatic rings.